The number of benzene rings is 1. The molecular formula is C14H10N2O5. The van der Waals surface area contributed by atoms with Crippen LogP contribution < -0.4 is 4.74 Å². The molecule has 0 unspecified atom stereocenters. The predicted molar refractivity (Wildman–Crippen MR) is 74.1 cm³/mol. The predicted octanol–water partition coefficient (Wildman–Crippen LogP) is 2.88. The Morgan fingerprint density at radius 3 is 2.81 bits per heavy atom. The van der Waals surface area contributed by atoms with Gasteiger partial charge in [0, 0.05) is 18.3 Å². The maximum absolute atomic E-state index is 11.1. The number of ether oxygens (including phenoxy) is 1. The van der Waals surface area contributed by atoms with Crippen molar-refractivity contribution >= 4 is 17.7 Å². The summed E-state index contributed by atoms with van der Waals surface area (Å²) in [6.45, 7) is 0. The van der Waals surface area contributed by atoms with E-state index in [1.807, 2.05) is 0 Å². The van der Waals surface area contributed by atoms with Gasteiger partial charge in [-0.15, -0.1) is 0 Å². The number of carboxylic acid groups (broad SMARTS) is 1. The molecule has 0 saturated carbocycles. The summed E-state index contributed by atoms with van der Waals surface area (Å²) in [6, 6.07) is 7.44. The first-order valence-electron chi connectivity index (χ1n) is 5.83. The quantitative estimate of drug-likeness (QED) is 0.515. The van der Waals surface area contributed by atoms with E-state index in [4.69, 9.17) is 9.84 Å². The third-order valence-electron chi connectivity index (χ3n) is 2.46. The summed E-state index contributed by atoms with van der Waals surface area (Å²) in [4.78, 5) is 24.8. The molecule has 2 rings (SSSR count). The highest BCUT2D eigenvalue weighted by Crippen LogP contribution is 2.32. The summed E-state index contributed by atoms with van der Waals surface area (Å²) in [5.41, 5.74) is 0.133. The number of hydrogen-bond donors (Lipinski definition) is 1. The van der Waals surface area contributed by atoms with Gasteiger partial charge in [0.25, 0.3) is 0 Å². The Hall–Kier alpha value is -3.22. The molecule has 0 amide bonds. The van der Waals surface area contributed by atoms with Crippen molar-refractivity contribution in [1.29, 1.82) is 0 Å². The van der Waals surface area contributed by atoms with E-state index in [1.165, 1.54) is 30.5 Å². The molecule has 0 aliphatic carbocycles. The second kappa shape index (κ2) is 6.29. The van der Waals surface area contributed by atoms with Crippen LogP contribution in [0.1, 0.15) is 5.56 Å². The second-order valence-electron chi connectivity index (χ2n) is 3.95. The molecule has 0 saturated heterocycles. The van der Waals surface area contributed by atoms with Crippen molar-refractivity contribution in [2.45, 2.75) is 0 Å². The van der Waals surface area contributed by atoms with Crippen molar-refractivity contribution in [3.63, 3.8) is 0 Å². The van der Waals surface area contributed by atoms with Gasteiger partial charge >= 0.3 is 11.7 Å². The number of nitro benzene ring substituents is 1. The Morgan fingerprint density at radius 2 is 2.19 bits per heavy atom. The number of aliphatic carboxylic acids is 1. The molecule has 0 bridgehead atoms. The summed E-state index contributed by atoms with van der Waals surface area (Å²) in [7, 11) is 0. The molecule has 106 valence electrons. The Balaban J connectivity index is 2.33. The van der Waals surface area contributed by atoms with Gasteiger partial charge in [-0.25, -0.2) is 4.79 Å². The lowest BCUT2D eigenvalue weighted by Gasteiger charge is -2.06. The van der Waals surface area contributed by atoms with Crippen LogP contribution in [-0.2, 0) is 4.79 Å². The lowest BCUT2D eigenvalue weighted by Crippen LogP contribution is -1.94. The zero-order chi connectivity index (χ0) is 15.2. The summed E-state index contributed by atoms with van der Waals surface area (Å²) < 4.78 is 5.41. The van der Waals surface area contributed by atoms with Crippen LogP contribution in [0.5, 0.6) is 11.5 Å². The number of pyridine rings is 1. The van der Waals surface area contributed by atoms with Crippen molar-refractivity contribution < 1.29 is 19.6 Å². The maximum Gasteiger partial charge on any atom is 0.328 e. The van der Waals surface area contributed by atoms with Crippen LogP contribution in [0, 0.1) is 10.1 Å². The van der Waals surface area contributed by atoms with Gasteiger partial charge in [0.1, 0.15) is 5.75 Å². The normalized spacial score (nSPS) is 10.5. The minimum absolute atomic E-state index is 0.0560. The number of carboxylic acids is 1. The molecule has 0 fully saturated rings. The highest BCUT2D eigenvalue weighted by atomic mass is 16.6. The lowest BCUT2D eigenvalue weighted by molar-refractivity contribution is -0.385. The lowest BCUT2D eigenvalue weighted by atomic mass is 10.1. The molecule has 1 aromatic heterocycles. The third-order valence-corrected chi connectivity index (χ3v) is 2.46. The van der Waals surface area contributed by atoms with Gasteiger partial charge < -0.3 is 9.84 Å². The molecular weight excluding hydrogens is 276 g/mol. The number of carbonyl (C=O) groups is 1. The molecule has 1 N–H and O–H groups in total. The highest BCUT2D eigenvalue weighted by molar-refractivity contribution is 5.85. The average Bonchev–Trinajstić information content (AvgIpc) is 2.47. The summed E-state index contributed by atoms with van der Waals surface area (Å²) in [6.07, 6.45) is 5.16. The van der Waals surface area contributed by atoms with E-state index >= 15 is 0 Å². The summed E-state index contributed by atoms with van der Waals surface area (Å²) in [5.74, 6) is -0.705. The fourth-order valence-electron chi connectivity index (χ4n) is 1.57. The van der Waals surface area contributed by atoms with Crippen LogP contribution in [-0.4, -0.2) is 21.0 Å². The molecule has 0 aliphatic rings. The minimum Gasteiger partial charge on any atom is -0.478 e. The number of aromatic nitrogens is 1. The van der Waals surface area contributed by atoms with Crippen molar-refractivity contribution in [3.8, 4) is 11.5 Å². The monoisotopic (exact) mass is 286 g/mol. The van der Waals surface area contributed by atoms with Crippen LogP contribution in [0.4, 0.5) is 5.69 Å². The van der Waals surface area contributed by atoms with E-state index < -0.39 is 10.9 Å². The molecule has 2 aromatic rings. The van der Waals surface area contributed by atoms with Gasteiger partial charge in [0.2, 0.25) is 5.75 Å². The average molecular weight is 286 g/mol. The van der Waals surface area contributed by atoms with Crippen LogP contribution in [0.2, 0.25) is 0 Å². The van der Waals surface area contributed by atoms with E-state index in [0.29, 0.717) is 11.3 Å². The molecule has 0 spiro atoms. The van der Waals surface area contributed by atoms with E-state index in [1.54, 1.807) is 18.3 Å². The molecule has 0 atom stereocenters. The second-order valence-corrected chi connectivity index (χ2v) is 3.95. The van der Waals surface area contributed by atoms with Crippen LogP contribution in [0.15, 0.2) is 48.8 Å². The molecule has 1 heterocycles. The van der Waals surface area contributed by atoms with Crippen molar-refractivity contribution in [2.75, 3.05) is 0 Å². The van der Waals surface area contributed by atoms with Crippen molar-refractivity contribution in [2.24, 2.45) is 0 Å². The zero-order valence-electron chi connectivity index (χ0n) is 10.7. The summed E-state index contributed by atoms with van der Waals surface area (Å²) >= 11 is 0. The number of nitro groups is 1. The van der Waals surface area contributed by atoms with Gasteiger partial charge in [-0.3, -0.25) is 15.1 Å². The van der Waals surface area contributed by atoms with Crippen LogP contribution in [0.3, 0.4) is 0 Å². The molecule has 0 radical (unpaired) electrons. The maximum atomic E-state index is 11.1. The number of hydrogen-bond acceptors (Lipinski definition) is 5. The van der Waals surface area contributed by atoms with E-state index in [0.717, 1.165) is 6.08 Å². The van der Waals surface area contributed by atoms with Gasteiger partial charge in [-0.05, 0) is 29.8 Å². The van der Waals surface area contributed by atoms with Gasteiger partial charge in [0.15, 0.2) is 0 Å². The minimum atomic E-state index is -1.13. The van der Waals surface area contributed by atoms with Crippen LogP contribution >= 0.6 is 0 Å². The topological polar surface area (TPSA) is 103 Å². The molecule has 0 aliphatic heterocycles. The molecule has 21 heavy (non-hydrogen) atoms. The zero-order valence-corrected chi connectivity index (χ0v) is 10.7. The van der Waals surface area contributed by atoms with E-state index in [9.17, 15) is 14.9 Å². The third kappa shape index (κ3) is 3.87. The van der Waals surface area contributed by atoms with Gasteiger partial charge in [-0.1, -0.05) is 6.07 Å². The highest BCUT2D eigenvalue weighted by Gasteiger charge is 2.16. The molecule has 7 heteroatoms. The van der Waals surface area contributed by atoms with Crippen molar-refractivity contribution in [3.05, 3.63) is 64.5 Å². The fraction of sp³-hybridized carbons (Fsp3) is 0. The standard InChI is InChI=1S/C14H10N2O5/c17-14(18)6-4-10-3-5-13(12(8-10)16(19)20)21-11-2-1-7-15-9-11/h1-9H,(H,17,18)/b6-4+. The fourth-order valence-corrected chi connectivity index (χ4v) is 1.57. The Kier molecular flexibility index (Phi) is 4.25. The Labute approximate surface area is 119 Å². The van der Waals surface area contributed by atoms with Crippen LogP contribution in [0.25, 0.3) is 6.08 Å². The van der Waals surface area contributed by atoms with E-state index in [2.05, 4.69) is 4.98 Å². The molecule has 1 aromatic carbocycles. The first kappa shape index (κ1) is 14.2. The SMILES string of the molecule is O=C(O)/C=C/c1ccc(Oc2cccnc2)c([N+](=O)[O-])c1. The van der Waals surface area contributed by atoms with Gasteiger partial charge in [0.05, 0.1) is 11.1 Å². The largest absolute Gasteiger partial charge is 0.478 e. The van der Waals surface area contributed by atoms with E-state index in [-0.39, 0.29) is 11.4 Å². The Morgan fingerprint density at radius 1 is 1.38 bits per heavy atom. The summed E-state index contributed by atoms with van der Waals surface area (Å²) in [5, 5.41) is 19.6. The smallest absolute Gasteiger partial charge is 0.328 e. The first-order valence-corrected chi connectivity index (χ1v) is 5.83. The molecule has 7 nitrogen and oxygen atoms in total. The number of rotatable bonds is 5. The van der Waals surface area contributed by atoms with Crippen molar-refractivity contribution in [1.82, 2.24) is 4.98 Å². The first-order chi connectivity index (χ1) is 10.1. The number of nitrogens with zero attached hydrogens (tertiary/aromatic N) is 2. The van der Waals surface area contributed by atoms with Gasteiger partial charge in [-0.2, -0.15) is 0 Å². The Bertz CT molecular complexity index is 698.